The third-order valence-corrected chi connectivity index (χ3v) is 3.84. The van der Waals surface area contributed by atoms with Gasteiger partial charge in [-0.25, -0.2) is 0 Å². The van der Waals surface area contributed by atoms with Crippen molar-refractivity contribution in [3.8, 4) is 0 Å². The molecule has 1 N–H and O–H groups in total. The summed E-state index contributed by atoms with van der Waals surface area (Å²) >= 11 is 0. The Bertz CT molecular complexity index is 289. The Balaban J connectivity index is 2.34. The number of hydrogen-bond acceptors (Lipinski definition) is 5. The van der Waals surface area contributed by atoms with Crippen LogP contribution in [0, 0.1) is 0 Å². The molecule has 5 heteroatoms. The summed E-state index contributed by atoms with van der Waals surface area (Å²) in [5.41, 5.74) is 0. The third kappa shape index (κ3) is 7.25. The van der Waals surface area contributed by atoms with Crippen molar-refractivity contribution in [1.29, 1.82) is 0 Å². The predicted molar refractivity (Wildman–Crippen MR) is 86.5 cm³/mol. The summed E-state index contributed by atoms with van der Waals surface area (Å²) in [6.45, 7) is 15.3. The first-order valence-corrected chi connectivity index (χ1v) is 8.44. The van der Waals surface area contributed by atoms with E-state index < -0.39 is 0 Å². The van der Waals surface area contributed by atoms with Crippen molar-refractivity contribution in [2.75, 3.05) is 45.9 Å². The van der Waals surface area contributed by atoms with Crippen LogP contribution in [0.3, 0.4) is 0 Å². The van der Waals surface area contributed by atoms with Crippen LogP contribution in [-0.2, 0) is 9.53 Å². The van der Waals surface area contributed by atoms with Crippen molar-refractivity contribution < 1.29 is 9.53 Å². The smallest absolute Gasteiger partial charge is 0.323 e. The van der Waals surface area contributed by atoms with E-state index in [-0.39, 0.29) is 12.0 Å². The molecule has 0 aromatic rings. The van der Waals surface area contributed by atoms with E-state index in [4.69, 9.17) is 4.74 Å². The minimum absolute atomic E-state index is 0.115. The summed E-state index contributed by atoms with van der Waals surface area (Å²) in [5.74, 6) is -0.115. The number of piperazine rings is 1. The maximum atomic E-state index is 12.0. The van der Waals surface area contributed by atoms with E-state index >= 15 is 0 Å². The van der Waals surface area contributed by atoms with Gasteiger partial charge in [-0.2, -0.15) is 0 Å². The summed E-state index contributed by atoms with van der Waals surface area (Å²) in [6, 6.07) is 0.111. The van der Waals surface area contributed by atoms with Crippen LogP contribution >= 0.6 is 0 Å². The molecule has 5 nitrogen and oxygen atoms in total. The van der Waals surface area contributed by atoms with Crippen molar-refractivity contribution >= 4 is 5.97 Å². The molecule has 0 amide bonds. The van der Waals surface area contributed by atoms with E-state index in [1.165, 1.54) is 13.0 Å². The number of hydrogen-bond donors (Lipinski definition) is 1. The highest BCUT2D eigenvalue weighted by atomic mass is 16.5. The minimum atomic E-state index is -0.182. The summed E-state index contributed by atoms with van der Waals surface area (Å²) in [6.07, 6.45) is 2.05. The summed E-state index contributed by atoms with van der Waals surface area (Å²) in [4.78, 5) is 17.0. The molecule has 124 valence electrons. The highest BCUT2D eigenvalue weighted by molar-refractivity contribution is 5.75. The van der Waals surface area contributed by atoms with Crippen molar-refractivity contribution in [3.05, 3.63) is 0 Å². The fraction of sp³-hybridized carbons (Fsp3) is 0.938. The van der Waals surface area contributed by atoms with E-state index in [0.717, 1.165) is 39.1 Å². The quantitative estimate of drug-likeness (QED) is 0.651. The van der Waals surface area contributed by atoms with E-state index in [0.29, 0.717) is 12.6 Å². The molecule has 1 heterocycles. The van der Waals surface area contributed by atoms with Gasteiger partial charge in [-0.3, -0.25) is 4.79 Å². The van der Waals surface area contributed by atoms with Crippen LogP contribution in [0.25, 0.3) is 0 Å². The Morgan fingerprint density at radius 1 is 1.10 bits per heavy atom. The Kier molecular flexibility index (Phi) is 8.88. The highest BCUT2D eigenvalue weighted by Gasteiger charge is 2.22. The molecule has 0 radical (unpaired) electrons. The van der Waals surface area contributed by atoms with E-state index in [1.807, 2.05) is 6.92 Å². The molecule has 0 saturated carbocycles. The molecule has 21 heavy (non-hydrogen) atoms. The largest absolute Gasteiger partial charge is 0.465 e. The van der Waals surface area contributed by atoms with Gasteiger partial charge < -0.3 is 19.9 Å². The number of carbonyl (C=O) groups excluding carboxylic acids is 1. The first-order chi connectivity index (χ1) is 10.1. The number of ether oxygens (including phenoxy) is 1. The van der Waals surface area contributed by atoms with E-state index in [2.05, 4.69) is 35.9 Å². The molecule has 0 aromatic heterocycles. The van der Waals surface area contributed by atoms with Gasteiger partial charge in [0.15, 0.2) is 0 Å². The van der Waals surface area contributed by atoms with Gasteiger partial charge in [0.2, 0.25) is 0 Å². The van der Waals surface area contributed by atoms with Gasteiger partial charge in [0.1, 0.15) is 6.04 Å². The van der Waals surface area contributed by atoms with Gasteiger partial charge in [0, 0.05) is 38.8 Å². The normalized spacial score (nSPS) is 18.9. The lowest BCUT2D eigenvalue weighted by atomic mass is 10.1. The molecule has 0 bridgehead atoms. The Hall–Kier alpha value is -0.650. The zero-order valence-corrected chi connectivity index (χ0v) is 14.2. The lowest BCUT2D eigenvalue weighted by molar-refractivity contribution is -0.146. The van der Waals surface area contributed by atoms with Crippen LogP contribution in [0.5, 0.6) is 0 Å². The minimum Gasteiger partial charge on any atom is -0.465 e. The Morgan fingerprint density at radius 2 is 1.67 bits per heavy atom. The maximum Gasteiger partial charge on any atom is 0.323 e. The number of rotatable bonds is 9. The first kappa shape index (κ1) is 18.4. The summed E-state index contributed by atoms with van der Waals surface area (Å²) < 4.78 is 5.17. The standard InChI is InChI=1S/C16H33N3O2/c1-5-8-18-10-12-19(13-11-18)9-7-15(17-14(3)4)16(20)21-6-2/h14-15,17H,5-13H2,1-4H3. The zero-order chi connectivity index (χ0) is 15.7. The van der Waals surface area contributed by atoms with Gasteiger partial charge in [0.05, 0.1) is 6.61 Å². The lowest BCUT2D eigenvalue weighted by Gasteiger charge is -2.35. The molecule has 1 atom stereocenters. The SMILES string of the molecule is CCCN1CCN(CCC(NC(C)C)C(=O)OCC)CC1. The second-order valence-corrected chi connectivity index (χ2v) is 6.10. The molecule has 1 aliphatic rings. The van der Waals surface area contributed by atoms with Gasteiger partial charge >= 0.3 is 5.97 Å². The molecule has 1 unspecified atom stereocenters. The monoisotopic (exact) mass is 299 g/mol. The van der Waals surface area contributed by atoms with Crippen molar-refractivity contribution in [1.82, 2.24) is 15.1 Å². The molecule has 1 fully saturated rings. The van der Waals surface area contributed by atoms with Crippen LogP contribution in [0.15, 0.2) is 0 Å². The number of carbonyl (C=O) groups is 1. The average Bonchev–Trinajstić information content (AvgIpc) is 2.45. The molecular formula is C16H33N3O2. The van der Waals surface area contributed by atoms with Crippen molar-refractivity contribution in [3.63, 3.8) is 0 Å². The van der Waals surface area contributed by atoms with Gasteiger partial charge in [-0.1, -0.05) is 20.8 Å². The third-order valence-electron chi connectivity index (χ3n) is 3.84. The van der Waals surface area contributed by atoms with Gasteiger partial charge in [-0.15, -0.1) is 0 Å². The number of esters is 1. The molecular weight excluding hydrogens is 266 g/mol. The van der Waals surface area contributed by atoms with E-state index in [9.17, 15) is 4.79 Å². The van der Waals surface area contributed by atoms with Crippen LogP contribution in [-0.4, -0.2) is 73.7 Å². The molecule has 1 aliphatic heterocycles. The van der Waals surface area contributed by atoms with Gasteiger partial charge in [0.25, 0.3) is 0 Å². The summed E-state index contributed by atoms with van der Waals surface area (Å²) in [7, 11) is 0. The second-order valence-electron chi connectivity index (χ2n) is 6.10. The molecule has 0 spiro atoms. The molecule has 0 aromatic carbocycles. The number of nitrogens with one attached hydrogen (secondary N) is 1. The summed E-state index contributed by atoms with van der Waals surface area (Å²) in [5, 5.41) is 3.32. The second kappa shape index (κ2) is 10.1. The molecule has 1 saturated heterocycles. The highest BCUT2D eigenvalue weighted by Crippen LogP contribution is 2.06. The Labute approximate surface area is 130 Å². The fourth-order valence-corrected chi connectivity index (χ4v) is 2.78. The van der Waals surface area contributed by atoms with Crippen LogP contribution in [0.2, 0.25) is 0 Å². The van der Waals surface area contributed by atoms with Crippen molar-refractivity contribution in [2.24, 2.45) is 0 Å². The molecule has 1 rings (SSSR count). The predicted octanol–water partition coefficient (Wildman–Crippen LogP) is 1.33. The van der Waals surface area contributed by atoms with Gasteiger partial charge in [-0.05, 0) is 26.3 Å². The van der Waals surface area contributed by atoms with E-state index in [1.54, 1.807) is 0 Å². The first-order valence-electron chi connectivity index (χ1n) is 8.44. The number of nitrogens with zero attached hydrogens (tertiary/aromatic N) is 2. The topological polar surface area (TPSA) is 44.8 Å². The van der Waals surface area contributed by atoms with Crippen LogP contribution < -0.4 is 5.32 Å². The average molecular weight is 299 g/mol. The van der Waals surface area contributed by atoms with Crippen molar-refractivity contribution in [2.45, 2.75) is 52.6 Å². The van der Waals surface area contributed by atoms with Crippen LogP contribution in [0.4, 0.5) is 0 Å². The van der Waals surface area contributed by atoms with Crippen LogP contribution in [0.1, 0.15) is 40.5 Å². The maximum absolute atomic E-state index is 12.0. The Morgan fingerprint density at radius 3 is 2.14 bits per heavy atom. The zero-order valence-electron chi connectivity index (χ0n) is 14.2. The lowest BCUT2D eigenvalue weighted by Crippen LogP contribution is -2.49. The molecule has 0 aliphatic carbocycles. The fourth-order valence-electron chi connectivity index (χ4n) is 2.78.